The van der Waals surface area contributed by atoms with E-state index in [0.717, 1.165) is 39.6 Å². The average molecular weight is 562 g/mol. The molecule has 0 bridgehead atoms. The van der Waals surface area contributed by atoms with Gasteiger partial charge in [-0.15, -0.1) is 0 Å². The van der Waals surface area contributed by atoms with Crippen molar-refractivity contribution in [2.45, 2.75) is 38.4 Å². The highest BCUT2D eigenvalue weighted by atomic mass is 35.5. The zero-order valence-electron chi connectivity index (χ0n) is 21.0. The molecule has 0 saturated carbocycles. The van der Waals surface area contributed by atoms with E-state index in [2.05, 4.69) is 10.3 Å². The number of rotatable bonds is 5. The summed E-state index contributed by atoms with van der Waals surface area (Å²) in [5.41, 5.74) is 3.14. The van der Waals surface area contributed by atoms with Crippen molar-refractivity contribution in [3.8, 4) is 10.6 Å². The molecule has 3 aromatic heterocycles. The topological polar surface area (TPSA) is 107 Å². The lowest BCUT2D eigenvalue weighted by Gasteiger charge is -2.33. The summed E-state index contributed by atoms with van der Waals surface area (Å²) in [5.74, 6) is 0.626. The first-order chi connectivity index (χ1) is 18.9. The molecule has 0 unspecified atom stereocenters. The zero-order chi connectivity index (χ0) is 26.7. The van der Waals surface area contributed by atoms with Crippen LogP contribution in [-0.4, -0.2) is 60.4 Å². The van der Waals surface area contributed by atoms with Crippen LogP contribution in [0.3, 0.4) is 0 Å². The fraction of sp³-hybridized carbons (Fsp3) is 0.296. The highest BCUT2D eigenvalue weighted by Gasteiger charge is 2.38. The summed E-state index contributed by atoms with van der Waals surface area (Å²) in [6.45, 7) is 3.28. The van der Waals surface area contributed by atoms with E-state index in [1.165, 1.54) is 11.3 Å². The highest BCUT2D eigenvalue weighted by molar-refractivity contribution is 7.19. The molecule has 2 atom stereocenters. The molecule has 2 aliphatic rings. The van der Waals surface area contributed by atoms with Gasteiger partial charge in [0.25, 0.3) is 5.56 Å². The first-order valence-electron chi connectivity index (χ1n) is 12.7. The maximum absolute atomic E-state index is 13.8. The Bertz CT molecular complexity index is 1770. The Balaban J connectivity index is 1.31. The maximum atomic E-state index is 13.8. The number of fused-ring (bicyclic) bond motifs is 3. The third-order valence-electron chi connectivity index (χ3n) is 7.45. The molecular formula is C27H24ClN7O3S. The number of cyclic esters (lactones) is 1. The van der Waals surface area contributed by atoms with Gasteiger partial charge < -0.3 is 15.0 Å². The summed E-state index contributed by atoms with van der Waals surface area (Å²) < 4.78 is 8.68. The molecule has 12 heteroatoms. The standard InChI is InChI=1S/C27H24ClN7O3S/c1-15-30-23-11-20(24-32-35-9-7-29-26(35)39-24)22(31-18-6-8-33-19(10-18)14-38-27(33)37)12-21(23)25(36)34(15)13-16-2-4-17(28)5-3-16/h2-5,7,9,11-12,18-19,31H,6,8,10,13-14H2,1H3/t18-,19-/m0/s1. The minimum atomic E-state index is -0.237. The number of piperidine rings is 1. The molecule has 5 aromatic rings. The van der Waals surface area contributed by atoms with Crippen molar-refractivity contribution in [3.05, 3.63) is 75.6 Å². The summed E-state index contributed by atoms with van der Waals surface area (Å²) in [6, 6.07) is 11.5. The molecule has 198 valence electrons. The molecule has 2 fully saturated rings. The van der Waals surface area contributed by atoms with Crippen molar-refractivity contribution in [2.75, 3.05) is 18.5 Å². The maximum Gasteiger partial charge on any atom is 0.410 e. The molecule has 1 N–H and O–H groups in total. The zero-order valence-corrected chi connectivity index (χ0v) is 22.6. The fourth-order valence-electron chi connectivity index (χ4n) is 5.43. The number of aryl methyl sites for hydroxylation is 1. The minimum Gasteiger partial charge on any atom is -0.447 e. The number of aromatic nitrogens is 5. The molecular weight excluding hydrogens is 538 g/mol. The Labute approximate surface area is 231 Å². The van der Waals surface area contributed by atoms with Gasteiger partial charge in [0, 0.05) is 35.1 Å². The number of hydrogen-bond acceptors (Lipinski definition) is 8. The van der Waals surface area contributed by atoms with Crippen LogP contribution in [-0.2, 0) is 11.3 Å². The molecule has 39 heavy (non-hydrogen) atoms. The number of anilines is 1. The van der Waals surface area contributed by atoms with Crippen LogP contribution in [0.15, 0.2) is 53.6 Å². The minimum absolute atomic E-state index is 0.0525. The number of halogens is 1. The molecule has 7 rings (SSSR count). The number of nitrogens with one attached hydrogen (secondary N) is 1. The van der Waals surface area contributed by atoms with Gasteiger partial charge in [0.15, 0.2) is 0 Å². The summed E-state index contributed by atoms with van der Waals surface area (Å²) in [4.78, 5) is 37.5. The Morgan fingerprint density at radius 2 is 2.05 bits per heavy atom. The number of ether oxygens (including phenoxy) is 1. The number of carbonyl (C=O) groups is 1. The second-order valence-electron chi connectivity index (χ2n) is 9.94. The fourth-order valence-corrected chi connectivity index (χ4v) is 6.45. The van der Waals surface area contributed by atoms with Gasteiger partial charge >= 0.3 is 6.09 Å². The Kier molecular flexibility index (Phi) is 5.78. The number of amides is 1. The van der Waals surface area contributed by atoms with Gasteiger partial charge in [0.05, 0.1) is 29.7 Å². The Hall–Kier alpha value is -3.96. The van der Waals surface area contributed by atoms with Crippen LogP contribution in [0, 0.1) is 6.92 Å². The van der Waals surface area contributed by atoms with E-state index in [9.17, 15) is 9.59 Å². The lowest BCUT2D eigenvalue weighted by atomic mass is 9.97. The summed E-state index contributed by atoms with van der Waals surface area (Å²) in [5, 5.41) is 10.4. The van der Waals surface area contributed by atoms with E-state index >= 15 is 0 Å². The Morgan fingerprint density at radius 1 is 1.21 bits per heavy atom. The number of nitrogens with zero attached hydrogens (tertiary/aromatic N) is 6. The number of benzene rings is 2. The van der Waals surface area contributed by atoms with E-state index in [-0.39, 0.29) is 23.7 Å². The van der Waals surface area contributed by atoms with Crippen LogP contribution in [0.1, 0.15) is 24.2 Å². The van der Waals surface area contributed by atoms with Gasteiger partial charge in [0.1, 0.15) is 17.4 Å². The lowest BCUT2D eigenvalue weighted by molar-refractivity contribution is 0.153. The second kappa shape index (κ2) is 9.35. The van der Waals surface area contributed by atoms with Crippen LogP contribution >= 0.6 is 22.9 Å². The first kappa shape index (κ1) is 24.1. The molecule has 2 aromatic carbocycles. The predicted octanol–water partition coefficient (Wildman–Crippen LogP) is 4.57. The van der Waals surface area contributed by atoms with Crippen LogP contribution in [0.4, 0.5) is 10.5 Å². The van der Waals surface area contributed by atoms with E-state index in [4.69, 9.17) is 26.4 Å². The molecule has 5 heterocycles. The summed E-state index contributed by atoms with van der Waals surface area (Å²) >= 11 is 7.53. The molecule has 0 aliphatic carbocycles. The van der Waals surface area contributed by atoms with Crippen LogP contribution < -0.4 is 10.9 Å². The predicted molar refractivity (Wildman–Crippen MR) is 150 cm³/mol. The van der Waals surface area contributed by atoms with Gasteiger partial charge in [0.2, 0.25) is 4.96 Å². The lowest BCUT2D eigenvalue weighted by Crippen LogP contribution is -2.45. The van der Waals surface area contributed by atoms with Crippen molar-refractivity contribution >= 4 is 50.6 Å². The van der Waals surface area contributed by atoms with Crippen molar-refractivity contribution in [1.82, 2.24) is 29.0 Å². The average Bonchev–Trinajstić information content (AvgIpc) is 3.63. The smallest absolute Gasteiger partial charge is 0.410 e. The largest absolute Gasteiger partial charge is 0.447 e. The van der Waals surface area contributed by atoms with Crippen LogP contribution in [0.5, 0.6) is 0 Å². The quantitative estimate of drug-likeness (QED) is 0.335. The number of imidazole rings is 1. The van der Waals surface area contributed by atoms with E-state index in [1.807, 2.05) is 49.5 Å². The first-order valence-corrected chi connectivity index (χ1v) is 13.9. The van der Waals surface area contributed by atoms with E-state index < -0.39 is 0 Å². The van der Waals surface area contributed by atoms with Gasteiger partial charge in [-0.1, -0.05) is 35.1 Å². The monoisotopic (exact) mass is 561 g/mol. The third-order valence-corrected chi connectivity index (χ3v) is 8.68. The molecule has 2 aliphatic heterocycles. The van der Waals surface area contributed by atoms with Gasteiger partial charge in [-0.25, -0.2) is 19.3 Å². The third kappa shape index (κ3) is 4.31. The normalized spacial score (nSPS) is 19.0. The summed E-state index contributed by atoms with van der Waals surface area (Å²) in [7, 11) is 0. The van der Waals surface area contributed by atoms with Crippen LogP contribution in [0.2, 0.25) is 5.02 Å². The van der Waals surface area contributed by atoms with Crippen molar-refractivity contribution < 1.29 is 9.53 Å². The Morgan fingerprint density at radius 3 is 2.87 bits per heavy atom. The van der Waals surface area contributed by atoms with Gasteiger partial charge in [-0.2, -0.15) is 5.10 Å². The van der Waals surface area contributed by atoms with Gasteiger partial charge in [-0.05, 0) is 49.6 Å². The van der Waals surface area contributed by atoms with Gasteiger partial charge in [-0.3, -0.25) is 9.36 Å². The van der Waals surface area contributed by atoms with E-state index in [0.29, 0.717) is 41.4 Å². The number of hydrogen-bond donors (Lipinski definition) is 1. The van der Waals surface area contributed by atoms with Crippen molar-refractivity contribution in [3.63, 3.8) is 0 Å². The van der Waals surface area contributed by atoms with E-state index in [1.54, 1.807) is 20.2 Å². The molecule has 2 saturated heterocycles. The van der Waals surface area contributed by atoms with Crippen LogP contribution in [0.25, 0.3) is 26.4 Å². The SMILES string of the molecule is Cc1nc2cc(-c3nn4ccnc4s3)c(N[C@H]3CCN4C(=O)OC[C@@H]4C3)cc2c(=O)n1Cc1ccc(Cl)cc1. The van der Waals surface area contributed by atoms with Crippen molar-refractivity contribution in [1.29, 1.82) is 0 Å². The second-order valence-corrected chi connectivity index (χ2v) is 11.3. The molecule has 0 spiro atoms. The highest BCUT2D eigenvalue weighted by Crippen LogP contribution is 2.36. The summed E-state index contributed by atoms with van der Waals surface area (Å²) in [6.07, 6.45) is 4.83. The number of carbonyl (C=O) groups excluding carboxylic acids is 1. The molecule has 10 nitrogen and oxygen atoms in total. The molecule has 0 radical (unpaired) electrons. The van der Waals surface area contributed by atoms with Crippen molar-refractivity contribution in [2.24, 2.45) is 0 Å². The molecule has 1 amide bonds.